The van der Waals surface area contributed by atoms with Crippen LogP contribution in [0.2, 0.25) is 0 Å². The number of piperazine rings is 1. The Kier molecular flexibility index (Phi) is 6.14. The van der Waals surface area contributed by atoms with Crippen LogP contribution < -0.4 is 10.9 Å². The summed E-state index contributed by atoms with van der Waals surface area (Å²) < 4.78 is 0. The molecule has 0 unspecified atom stereocenters. The predicted octanol–water partition coefficient (Wildman–Crippen LogP) is 1.88. The first-order chi connectivity index (χ1) is 14.2. The molecule has 2 amide bonds. The predicted molar refractivity (Wildman–Crippen MR) is 113 cm³/mol. The molecule has 3 heterocycles. The molecule has 0 aliphatic carbocycles. The molecule has 4 rings (SSSR count). The number of nitrogens with one attached hydrogen (secondary N) is 2. The molecule has 1 aliphatic rings. The zero-order valence-electron chi connectivity index (χ0n) is 16.0. The third kappa shape index (κ3) is 4.97. The number of hydrogen-bond acceptors (Lipinski definition) is 6. The highest BCUT2D eigenvalue weighted by Gasteiger charge is 2.20. The molecular formula is C21H23N5O2S. The monoisotopic (exact) mass is 409 g/mol. The van der Waals surface area contributed by atoms with Crippen LogP contribution in [0.1, 0.15) is 15.2 Å². The van der Waals surface area contributed by atoms with Crippen LogP contribution in [0.3, 0.4) is 0 Å². The summed E-state index contributed by atoms with van der Waals surface area (Å²) in [6, 6.07) is 13.8. The van der Waals surface area contributed by atoms with Crippen molar-refractivity contribution in [3.05, 3.63) is 64.5 Å². The lowest BCUT2D eigenvalue weighted by Crippen LogP contribution is -2.51. The largest absolute Gasteiger partial charge is 0.296 e. The second-order valence-corrected chi connectivity index (χ2v) is 7.97. The van der Waals surface area contributed by atoms with Crippen LogP contribution in [-0.2, 0) is 11.3 Å². The van der Waals surface area contributed by atoms with E-state index in [1.165, 1.54) is 16.9 Å². The quantitative estimate of drug-likeness (QED) is 0.629. The molecule has 0 radical (unpaired) electrons. The molecule has 0 atom stereocenters. The van der Waals surface area contributed by atoms with E-state index in [2.05, 4.69) is 49.9 Å². The van der Waals surface area contributed by atoms with Crippen molar-refractivity contribution in [1.82, 2.24) is 25.6 Å². The van der Waals surface area contributed by atoms with Crippen molar-refractivity contribution in [2.24, 2.45) is 0 Å². The molecule has 8 heteroatoms. The van der Waals surface area contributed by atoms with Gasteiger partial charge in [-0.1, -0.05) is 30.3 Å². The number of carbonyl (C=O) groups excluding carboxylic acids is 2. The van der Waals surface area contributed by atoms with E-state index in [4.69, 9.17) is 0 Å². The zero-order valence-corrected chi connectivity index (χ0v) is 16.8. The minimum atomic E-state index is -0.290. The Balaban J connectivity index is 1.23. The first kappa shape index (κ1) is 19.5. The number of rotatable bonds is 5. The molecule has 1 saturated heterocycles. The Hall–Kier alpha value is -2.81. The van der Waals surface area contributed by atoms with Gasteiger partial charge in [0.05, 0.1) is 16.9 Å². The van der Waals surface area contributed by atoms with Gasteiger partial charge in [0.25, 0.3) is 11.8 Å². The van der Waals surface area contributed by atoms with Gasteiger partial charge in [-0.3, -0.25) is 35.2 Å². The molecule has 29 heavy (non-hydrogen) atoms. The van der Waals surface area contributed by atoms with E-state index in [-0.39, 0.29) is 18.4 Å². The molecule has 7 nitrogen and oxygen atoms in total. The summed E-state index contributed by atoms with van der Waals surface area (Å²) >= 11 is 1.34. The van der Waals surface area contributed by atoms with E-state index < -0.39 is 0 Å². The van der Waals surface area contributed by atoms with Gasteiger partial charge in [0.15, 0.2) is 0 Å². The second-order valence-electron chi connectivity index (χ2n) is 7.02. The van der Waals surface area contributed by atoms with Gasteiger partial charge in [0, 0.05) is 44.3 Å². The van der Waals surface area contributed by atoms with E-state index in [0.29, 0.717) is 4.88 Å². The Morgan fingerprint density at radius 1 is 0.966 bits per heavy atom. The van der Waals surface area contributed by atoms with Crippen molar-refractivity contribution in [3.63, 3.8) is 0 Å². The SMILES string of the molecule is O=C(CN1CCN(Cc2cccc3cccnc23)CC1)NNC(=O)c1cccs1. The van der Waals surface area contributed by atoms with Gasteiger partial charge in [0.1, 0.15) is 0 Å². The van der Waals surface area contributed by atoms with Crippen molar-refractivity contribution < 1.29 is 9.59 Å². The maximum Gasteiger partial charge on any atom is 0.279 e. The van der Waals surface area contributed by atoms with Gasteiger partial charge in [-0.2, -0.15) is 0 Å². The maximum atomic E-state index is 12.1. The lowest BCUT2D eigenvalue weighted by molar-refractivity contribution is -0.123. The third-order valence-corrected chi connectivity index (χ3v) is 5.87. The highest BCUT2D eigenvalue weighted by Crippen LogP contribution is 2.18. The fourth-order valence-electron chi connectivity index (χ4n) is 3.48. The first-order valence-electron chi connectivity index (χ1n) is 9.59. The molecule has 150 valence electrons. The van der Waals surface area contributed by atoms with Gasteiger partial charge < -0.3 is 0 Å². The summed E-state index contributed by atoms with van der Waals surface area (Å²) in [7, 11) is 0. The van der Waals surface area contributed by atoms with E-state index in [1.807, 2.05) is 17.6 Å². The van der Waals surface area contributed by atoms with Crippen LogP contribution in [0.15, 0.2) is 54.0 Å². The number of pyridine rings is 1. The number of para-hydroxylation sites is 1. The summed E-state index contributed by atoms with van der Waals surface area (Å²) in [5.41, 5.74) is 7.24. The van der Waals surface area contributed by atoms with E-state index in [9.17, 15) is 9.59 Å². The van der Waals surface area contributed by atoms with Crippen LogP contribution in [0.4, 0.5) is 0 Å². The van der Waals surface area contributed by atoms with Crippen LogP contribution in [-0.4, -0.2) is 59.3 Å². The zero-order chi connectivity index (χ0) is 20.1. The molecule has 2 aromatic heterocycles. The number of hydrazine groups is 1. The van der Waals surface area contributed by atoms with Gasteiger partial charge in [-0.15, -0.1) is 11.3 Å². The van der Waals surface area contributed by atoms with E-state index in [1.54, 1.807) is 12.1 Å². The standard InChI is InChI=1S/C21H23N5O2S/c27-19(23-24-21(28)18-7-3-13-29-18)15-26-11-9-25(10-12-26)14-17-5-1-4-16-6-2-8-22-20(16)17/h1-8,13H,9-12,14-15H2,(H,23,27)(H,24,28). The molecular weight excluding hydrogens is 386 g/mol. The summed E-state index contributed by atoms with van der Waals surface area (Å²) in [6.07, 6.45) is 1.83. The Bertz CT molecular complexity index is 978. The molecule has 2 N–H and O–H groups in total. The van der Waals surface area contributed by atoms with Crippen molar-refractivity contribution in [2.45, 2.75) is 6.54 Å². The molecule has 0 spiro atoms. The average molecular weight is 410 g/mol. The van der Waals surface area contributed by atoms with Crippen molar-refractivity contribution in [3.8, 4) is 0 Å². The van der Waals surface area contributed by atoms with Gasteiger partial charge in [-0.05, 0) is 23.1 Å². The van der Waals surface area contributed by atoms with Gasteiger partial charge in [0.2, 0.25) is 0 Å². The number of fused-ring (bicyclic) bond motifs is 1. The van der Waals surface area contributed by atoms with E-state index >= 15 is 0 Å². The van der Waals surface area contributed by atoms with Crippen LogP contribution >= 0.6 is 11.3 Å². The third-order valence-electron chi connectivity index (χ3n) is 5.00. The number of hydrogen-bond donors (Lipinski definition) is 2. The lowest BCUT2D eigenvalue weighted by Gasteiger charge is -2.34. The minimum Gasteiger partial charge on any atom is -0.296 e. The lowest BCUT2D eigenvalue weighted by atomic mass is 10.1. The van der Waals surface area contributed by atoms with Crippen molar-refractivity contribution >= 4 is 34.1 Å². The summed E-state index contributed by atoms with van der Waals surface area (Å²) in [5.74, 6) is -0.497. The summed E-state index contributed by atoms with van der Waals surface area (Å²) in [4.78, 5) is 33.6. The topological polar surface area (TPSA) is 77.6 Å². The summed E-state index contributed by atoms with van der Waals surface area (Å²) in [6.45, 7) is 4.52. The van der Waals surface area contributed by atoms with Crippen molar-refractivity contribution in [1.29, 1.82) is 0 Å². The Labute approximate surface area is 173 Å². The number of amides is 2. The Morgan fingerprint density at radius 2 is 1.76 bits per heavy atom. The van der Waals surface area contributed by atoms with Gasteiger partial charge >= 0.3 is 0 Å². The minimum absolute atomic E-state index is 0.207. The first-order valence-corrected chi connectivity index (χ1v) is 10.5. The van der Waals surface area contributed by atoms with E-state index in [0.717, 1.165) is 43.6 Å². The van der Waals surface area contributed by atoms with Crippen LogP contribution in [0, 0.1) is 0 Å². The highest BCUT2D eigenvalue weighted by molar-refractivity contribution is 7.12. The van der Waals surface area contributed by atoms with Crippen LogP contribution in [0.5, 0.6) is 0 Å². The number of aromatic nitrogens is 1. The molecule has 0 saturated carbocycles. The average Bonchev–Trinajstić information content (AvgIpc) is 3.29. The molecule has 1 aromatic carbocycles. The number of thiophene rings is 1. The summed E-state index contributed by atoms with van der Waals surface area (Å²) in [5, 5.41) is 2.98. The van der Waals surface area contributed by atoms with Crippen molar-refractivity contribution in [2.75, 3.05) is 32.7 Å². The number of nitrogens with zero attached hydrogens (tertiary/aromatic N) is 3. The number of benzene rings is 1. The fraction of sp³-hybridized carbons (Fsp3) is 0.286. The fourth-order valence-corrected chi connectivity index (χ4v) is 4.10. The molecule has 1 fully saturated rings. The van der Waals surface area contributed by atoms with Crippen LogP contribution in [0.25, 0.3) is 10.9 Å². The second kappa shape index (κ2) is 9.13. The molecule has 1 aliphatic heterocycles. The molecule has 0 bridgehead atoms. The highest BCUT2D eigenvalue weighted by atomic mass is 32.1. The smallest absolute Gasteiger partial charge is 0.279 e. The Morgan fingerprint density at radius 3 is 2.55 bits per heavy atom. The number of carbonyl (C=O) groups is 2. The normalized spacial score (nSPS) is 15.3. The van der Waals surface area contributed by atoms with Gasteiger partial charge in [-0.25, -0.2) is 0 Å². The maximum absolute atomic E-state index is 12.1. The molecule has 3 aromatic rings.